The molecule has 2 aromatic carbocycles. The van der Waals surface area contributed by atoms with Crippen LogP contribution in [0.1, 0.15) is 32.7 Å². The molecule has 5 aromatic rings. The highest BCUT2D eigenvalue weighted by atomic mass is 16.5. The SMILES string of the molecule is Cc1c(OCc2ccc(C(=O)c3ccc(N4CCN(c5ccccc5)CC4)nc3)cc2)nc2cccc(C)n2c1=O. The van der Waals surface area contributed by atoms with Crippen LogP contribution in [0, 0.1) is 13.8 Å². The van der Waals surface area contributed by atoms with Crippen LogP contribution >= 0.6 is 0 Å². The van der Waals surface area contributed by atoms with Crippen LogP contribution in [0.25, 0.3) is 5.65 Å². The van der Waals surface area contributed by atoms with Gasteiger partial charge in [0.05, 0.1) is 5.56 Å². The summed E-state index contributed by atoms with van der Waals surface area (Å²) in [5.41, 5.74) is 4.92. The van der Waals surface area contributed by atoms with Gasteiger partial charge < -0.3 is 14.5 Å². The van der Waals surface area contributed by atoms with Gasteiger partial charge in [0.2, 0.25) is 5.88 Å². The van der Waals surface area contributed by atoms with Gasteiger partial charge in [0.15, 0.2) is 5.78 Å². The Bertz CT molecular complexity index is 1740. The number of hydrogen-bond acceptors (Lipinski definition) is 7. The number of fused-ring (bicyclic) bond motifs is 1. The van der Waals surface area contributed by atoms with Crippen molar-refractivity contribution in [3.8, 4) is 5.88 Å². The number of ketones is 1. The number of piperazine rings is 1. The van der Waals surface area contributed by atoms with Gasteiger partial charge in [-0.25, -0.2) is 4.98 Å². The van der Waals surface area contributed by atoms with E-state index in [-0.39, 0.29) is 17.9 Å². The number of aryl methyl sites for hydroxylation is 1. The van der Waals surface area contributed by atoms with Crippen molar-refractivity contribution >= 4 is 22.9 Å². The second-order valence-corrected chi connectivity index (χ2v) is 10.2. The lowest BCUT2D eigenvalue weighted by atomic mass is 10.0. The van der Waals surface area contributed by atoms with Crippen LogP contribution < -0.4 is 20.1 Å². The summed E-state index contributed by atoms with van der Waals surface area (Å²) in [4.78, 5) is 39.7. The highest BCUT2D eigenvalue weighted by Crippen LogP contribution is 2.21. The third kappa shape index (κ3) is 5.41. The number of hydrogen-bond donors (Lipinski definition) is 0. The maximum atomic E-state index is 13.1. The molecular formula is C33H31N5O3. The second-order valence-electron chi connectivity index (χ2n) is 10.2. The Labute approximate surface area is 238 Å². The Morgan fingerprint density at radius 2 is 1.51 bits per heavy atom. The molecule has 0 unspecified atom stereocenters. The zero-order chi connectivity index (χ0) is 28.3. The fourth-order valence-electron chi connectivity index (χ4n) is 5.15. The molecule has 0 spiro atoms. The summed E-state index contributed by atoms with van der Waals surface area (Å²) in [5.74, 6) is 1.11. The minimum Gasteiger partial charge on any atom is -0.472 e. The van der Waals surface area contributed by atoms with Crippen molar-refractivity contribution in [1.29, 1.82) is 0 Å². The molecule has 6 rings (SSSR count). The standard InChI is InChI=1S/C33H31N5O3/c1-23-7-6-10-30-35-32(24(2)33(40)38(23)30)41-22-25-11-13-26(14-12-25)31(39)27-15-16-29(34-21-27)37-19-17-36(18-20-37)28-8-4-3-5-9-28/h3-16,21H,17-20,22H2,1-2H3. The Morgan fingerprint density at radius 3 is 2.22 bits per heavy atom. The summed E-state index contributed by atoms with van der Waals surface area (Å²) in [7, 11) is 0. The fraction of sp³-hybridized carbons (Fsp3) is 0.212. The summed E-state index contributed by atoms with van der Waals surface area (Å²) in [6.07, 6.45) is 1.66. The minimum atomic E-state index is -0.141. The summed E-state index contributed by atoms with van der Waals surface area (Å²) >= 11 is 0. The van der Waals surface area contributed by atoms with Crippen LogP contribution in [0.2, 0.25) is 0 Å². The number of benzene rings is 2. The number of aromatic nitrogens is 3. The van der Waals surface area contributed by atoms with Gasteiger partial charge in [-0.15, -0.1) is 0 Å². The lowest BCUT2D eigenvalue weighted by molar-refractivity contribution is 0.103. The molecule has 0 aliphatic carbocycles. The summed E-state index contributed by atoms with van der Waals surface area (Å²) in [6, 6.07) is 27.0. The van der Waals surface area contributed by atoms with Crippen molar-refractivity contribution in [2.75, 3.05) is 36.0 Å². The van der Waals surface area contributed by atoms with Crippen molar-refractivity contribution in [2.45, 2.75) is 20.5 Å². The number of ether oxygens (including phenoxy) is 1. The van der Waals surface area contributed by atoms with Gasteiger partial charge in [-0.2, -0.15) is 4.98 Å². The number of carbonyl (C=O) groups excluding carboxylic acids is 1. The monoisotopic (exact) mass is 545 g/mol. The molecule has 0 radical (unpaired) electrons. The Kier molecular flexibility index (Phi) is 7.20. The molecule has 1 saturated heterocycles. The number of para-hydroxylation sites is 1. The maximum Gasteiger partial charge on any atom is 0.264 e. The van der Waals surface area contributed by atoms with Crippen molar-refractivity contribution < 1.29 is 9.53 Å². The Morgan fingerprint density at radius 1 is 0.805 bits per heavy atom. The van der Waals surface area contributed by atoms with Gasteiger partial charge in [-0.3, -0.25) is 14.0 Å². The van der Waals surface area contributed by atoms with Gasteiger partial charge in [-0.05, 0) is 55.8 Å². The van der Waals surface area contributed by atoms with E-state index in [1.54, 1.807) is 35.7 Å². The molecule has 0 atom stereocenters. The van der Waals surface area contributed by atoms with Crippen molar-refractivity contribution in [1.82, 2.24) is 14.4 Å². The van der Waals surface area contributed by atoms with Crippen LogP contribution in [0.15, 0.2) is 95.9 Å². The largest absolute Gasteiger partial charge is 0.472 e. The predicted molar refractivity (Wildman–Crippen MR) is 160 cm³/mol. The topological polar surface area (TPSA) is 80.0 Å². The minimum absolute atomic E-state index is 0.0825. The molecule has 4 heterocycles. The maximum absolute atomic E-state index is 13.1. The van der Waals surface area contributed by atoms with Gasteiger partial charge in [0.25, 0.3) is 5.56 Å². The van der Waals surface area contributed by atoms with E-state index in [1.165, 1.54) is 5.69 Å². The first kappa shape index (κ1) is 26.3. The second kappa shape index (κ2) is 11.3. The van der Waals surface area contributed by atoms with Crippen molar-refractivity contribution in [3.63, 3.8) is 0 Å². The summed E-state index contributed by atoms with van der Waals surface area (Å²) in [6.45, 7) is 7.43. The molecule has 206 valence electrons. The molecule has 41 heavy (non-hydrogen) atoms. The van der Waals surface area contributed by atoms with Crippen molar-refractivity contribution in [3.05, 3.63) is 129 Å². The summed E-state index contributed by atoms with van der Waals surface area (Å²) < 4.78 is 7.49. The molecule has 1 aliphatic heterocycles. The molecule has 3 aromatic heterocycles. The van der Waals surface area contributed by atoms with E-state index in [1.807, 2.05) is 49.4 Å². The Balaban J connectivity index is 1.07. The van der Waals surface area contributed by atoms with Crippen LogP contribution in [0.5, 0.6) is 5.88 Å². The molecule has 0 amide bonds. The van der Waals surface area contributed by atoms with E-state index in [0.717, 1.165) is 43.3 Å². The predicted octanol–water partition coefficient (Wildman–Crippen LogP) is 4.84. The zero-order valence-electron chi connectivity index (χ0n) is 23.2. The van der Waals surface area contributed by atoms with E-state index in [9.17, 15) is 9.59 Å². The molecule has 0 bridgehead atoms. The van der Waals surface area contributed by atoms with Gasteiger partial charge in [0.1, 0.15) is 18.1 Å². The van der Waals surface area contributed by atoms with Gasteiger partial charge in [0, 0.05) is 54.9 Å². The van der Waals surface area contributed by atoms with E-state index >= 15 is 0 Å². The number of pyridine rings is 2. The molecule has 8 heteroatoms. The molecule has 1 fully saturated rings. The lowest BCUT2D eigenvalue weighted by Crippen LogP contribution is -2.46. The Hall–Kier alpha value is -4.98. The van der Waals surface area contributed by atoms with E-state index in [0.29, 0.717) is 28.2 Å². The fourth-order valence-corrected chi connectivity index (χ4v) is 5.15. The van der Waals surface area contributed by atoms with Crippen LogP contribution in [-0.2, 0) is 6.61 Å². The number of rotatable bonds is 7. The quantitative estimate of drug-likeness (QED) is 0.271. The average molecular weight is 546 g/mol. The number of anilines is 2. The summed E-state index contributed by atoms with van der Waals surface area (Å²) in [5, 5.41) is 0. The third-order valence-corrected chi connectivity index (χ3v) is 7.55. The van der Waals surface area contributed by atoms with Gasteiger partial charge >= 0.3 is 0 Å². The highest BCUT2D eigenvalue weighted by molar-refractivity contribution is 6.08. The molecule has 0 saturated carbocycles. The zero-order valence-corrected chi connectivity index (χ0v) is 23.2. The van der Waals surface area contributed by atoms with Crippen molar-refractivity contribution in [2.24, 2.45) is 0 Å². The molecule has 1 aliphatic rings. The van der Waals surface area contributed by atoms with Crippen LogP contribution in [0.3, 0.4) is 0 Å². The first-order valence-electron chi connectivity index (χ1n) is 13.7. The first-order chi connectivity index (χ1) is 20.0. The molecule has 0 N–H and O–H groups in total. The van der Waals surface area contributed by atoms with E-state index < -0.39 is 0 Å². The molecular weight excluding hydrogens is 514 g/mol. The normalized spacial score (nSPS) is 13.4. The van der Waals surface area contributed by atoms with Gasteiger partial charge in [-0.1, -0.05) is 48.5 Å². The van der Waals surface area contributed by atoms with E-state index in [2.05, 4.69) is 44.0 Å². The number of carbonyl (C=O) groups is 1. The highest BCUT2D eigenvalue weighted by Gasteiger charge is 2.19. The van der Waals surface area contributed by atoms with E-state index in [4.69, 9.17) is 4.74 Å². The van der Waals surface area contributed by atoms with Crippen LogP contribution in [0.4, 0.5) is 11.5 Å². The molecule has 8 nitrogen and oxygen atoms in total. The number of nitrogens with zero attached hydrogens (tertiary/aromatic N) is 5. The van der Waals surface area contributed by atoms with Crippen LogP contribution in [-0.4, -0.2) is 46.3 Å². The lowest BCUT2D eigenvalue weighted by Gasteiger charge is -2.36. The smallest absolute Gasteiger partial charge is 0.264 e. The first-order valence-corrected chi connectivity index (χ1v) is 13.7. The average Bonchev–Trinajstić information content (AvgIpc) is 3.02. The third-order valence-electron chi connectivity index (χ3n) is 7.55.